The maximum atomic E-state index is 11.9. The van der Waals surface area contributed by atoms with E-state index in [4.69, 9.17) is 11.6 Å². The number of aromatic nitrogens is 1. The number of benzene rings is 3. The van der Waals surface area contributed by atoms with E-state index in [-0.39, 0.29) is 0 Å². The fourth-order valence-corrected chi connectivity index (χ4v) is 4.12. The zero-order valence-electron chi connectivity index (χ0n) is 19.2. The van der Waals surface area contributed by atoms with E-state index < -0.39 is 5.60 Å². The van der Waals surface area contributed by atoms with Gasteiger partial charge in [-0.2, -0.15) is 0 Å². The molecule has 4 rings (SSSR count). The van der Waals surface area contributed by atoms with Gasteiger partial charge in [0, 0.05) is 16.0 Å². The molecule has 0 fully saturated rings. The minimum atomic E-state index is -0.946. The van der Waals surface area contributed by atoms with Gasteiger partial charge in [0.25, 0.3) is 0 Å². The molecule has 0 aliphatic rings. The van der Waals surface area contributed by atoms with Crippen LogP contribution in [0, 0.1) is 0 Å². The topological polar surface area (TPSA) is 50.2 Å². The summed E-state index contributed by atoms with van der Waals surface area (Å²) < 4.78 is 0. The first-order chi connectivity index (χ1) is 16.3. The van der Waals surface area contributed by atoms with Crippen LogP contribution in [0.2, 0.25) is 5.02 Å². The molecule has 3 nitrogen and oxygen atoms in total. The largest absolute Gasteiger partial charge is 0.386 e. The second kappa shape index (κ2) is 10.2. The number of carbonyl (C=O) groups excluding carboxylic acids is 1. The van der Waals surface area contributed by atoms with Crippen molar-refractivity contribution in [2.45, 2.75) is 25.9 Å². The van der Waals surface area contributed by atoms with E-state index in [1.807, 2.05) is 97.1 Å². The third kappa shape index (κ3) is 5.69. The maximum Gasteiger partial charge on any atom is 0.150 e. The zero-order chi connectivity index (χ0) is 24.1. The Morgan fingerprint density at radius 3 is 2.56 bits per heavy atom. The van der Waals surface area contributed by atoms with Gasteiger partial charge in [0.15, 0.2) is 0 Å². The molecule has 170 valence electrons. The van der Waals surface area contributed by atoms with Crippen LogP contribution in [0.15, 0.2) is 84.9 Å². The summed E-state index contributed by atoms with van der Waals surface area (Å²) in [6.07, 6.45) is 7.27. The lowest BCUT2D eigenvalue weighted by atomic mass is 9.91. The molecule has 3 aromatic carbocycles. The van der Waals surface area contributed by atoms with Crippen molar-refractivity contribution in [2.75, 3.05) is 0 Å². The second-order valence-electron chi connectivity index (χ2n) is 8.73. The van der Waals surface area contributed by atoms with E-state index in [0.717, 1.165) is 45.1 Å². The number of aldehydes is 1. The molecule has 1 N–H and O–H groups in total. The normalized spacial score (nSPS) is 12.4. The average Bonchev–Trinajstić information content (AvgIpc) is 2.83. The number of nitrogens with zero attached hydrogens (tertiary/aromatic N) is 1. The van der Waals surface area contributed by atoms with Crippen molar-refractivity contribution in [3.05, 3.63) is 118 Å². The van der Waals surface area contributed by atoms with E-state index in [0.29, 0.717) is 17.0 Å². The van der Waals surface area contributed by atoms with Gasteiger partial charge in [-0.15, -0.1) is 0 Å². The predicted octanol–water partition coefficient (Wildman–Crippen LogP) is 7.11. The summed E-state index contributed by atoms with van der Waals surface area (Å²) in [5, 5.41) is 12.2. The molecule has 0 radical (unpaired) electrons. The first-order valence-electron chi connectivity index (χ1n) is 11.1. The van der Waals surface area contributed by atoms with Crippen molar-refractivity contribution in [3.63, 3.8) is 0 Å². The molecule has 4 heteroatoms. The van der Waals surface area contributed by atoms with E-state index in [1.165, 1.54) is 0 Å². The highest BCUT2D eigenvalue weighted by Crippen LogP contribution is 2.25. The molecule has 0 bridgehead atoms. The number of pyridine rings is 1. The summed E-state index contributed by atoms with van der Waals surface area (Å²) in [6, 6.07) is 25.2. The van der Waals surface area contributed by atoms with Crippen LogP contribution in [-0.4, -0.2) is 16.4 Å². The fraction of sp³-hybridized carbons (Fsp3) is 0.133. The van der Waals surface area contributed by atoms with Crippen LogP contribution < -0.4 is 0 Å². The fourth-order valence-electron chi connectivity index (χ4n) is 3.95. The Balaban J connectivity index is 1.57. The summed E-state index contributed by atoms with van der Waals surface area (Å²) in [6.45, 7) is 3.54. The van der Waals surface area contributed by atoms with Crippen LogP contribution in [0.4, 0.5) is 0 Å². The molecule has 0 atom stereocenters. The Bertz CT molecular complexity index is 1400. The summed E-state index contributed by atoms with van der Waals surface area (Å²) >= 11 is 6.10. The summed E-state index contributed by atoms with van der Waals surface area (Å²) in [5.74, 6) is 0. The number of fused-ring (bicyclic) bond motifs is 1. The van der Waals surface area contributed by atoms with Gasteiger partial charge in [-0.05, 0) is 72.9 Å². The molecule has 1 heterocycles. The quantitative estimate of drug-likeness (QED) is 0.232. The van der Waals surface area contributed by atoms with Gasteiger partial charge in [-0.25, -0.2) is 4.98 Å². The SMILES string of the molecule is CC(C)(O)c1ccccc1C/C=C(\C=O)c1cccc(/C=C/c2ccc3ccc(Cl)cc3n2)c1. The van der Waals surface area contributed by atoms with Crippen molar-refractivity contribution in [3.8, 4) is 0 Å². The molecule has 0 aliphatic heterocycles. The summed E-state index contributed by atoms with van der Waals surface area (Å²) in [5.41, 5.74) is 5.00. The lowest BCUT2D eigenvalue weighted by Gasteiger charge is -2.21. The Kier molecular flexibility index (Phi) is 7.06. The van der Waals surface area contributed by atoms with Crippen molar-refractivity contribution in [1.29, 1.82) is 0 Å². The van der Waals surface area contributed by atoms with Gasteiger partial charge in [-0.3, -0.25) is 4.79 Å². The molecule has 0 saturated carbocycles. The molecule has 0 aliphatic carbocycles. The number of halogens is 1. The van der Waals surface area contributed by atoms with E-state index in [2.05, 4.69) is 4.98 Å². The van der Waals surface area contributed by atoms with E-state index >= 15 is 0 Å². The molecular weight excluding hydrogens is 442 g/mol. The highest BCUT2D eigenvalue weighted by Gasteiger charge is 2.18. The Morgan fingerprint density at radius 2 is 1.76 bits per heavy atom. The van der Waals surface area contributed by atoms with Gasteiger partial charge in [0.1, 0.15) is 6.29 Å². The maximum absolute atomic E-state index is 11.9. The Labute approximate surface area is 205 Å². The van der Waals surface area contributed by atoms with Gasteiger partial charge < -0.3 is 5.11 Å². The molecule has 1 aromatic heterocycles. The minimum absolute atomic E-state index is 0.553. The molecule has 34 heavy (non-hydrogen) atoms. The van der Waals surface area contributed by atoms with Crippen LogP contribution in [0.1, 0.15) is 41.8 Å². The smallest absolute Gasteiger partial charge is 0.150 e. The van der Waals surface area contributed by atoms with Gasteiger partial charge >= 0.3 is 0 Å². The van der Waals surface area contributed by atoms with Crippen molar-refractivity contribution in [1.82, 2.24) is 4.98 Å². The van der Waals surface area contributed by atoms with Crippen LogP contribution in [-0.2, 0) is 16.8 Å². The van der Waals surface area contributed by atoms with Crippen LogP contribution in [0.3, 0.4) is 0 Å². The van der Waals surface area contributed by atoms with E-state index in [1.54, 1.807) is 13.8 Å². The van der Waals surface area contributed by atoms with Crippen molar-refractivity contribution >= 4 is 46.5 Å². The number of aliphatic hydroxyl groups is 1. The molecule has 0 spiro atoms. The summed E-state index contributed by atoms with van der Waals surface area (Å²) in [4.78, 5) is 16.6. The van der Waals surface area contributed by atoms with Gasteiger partial charge in [0.05, 0.1) is 16.8 Å². The first kappa shape index (κ1) is 23.6. The zero-order valence-corrected chi connectivity index (χ0v) is 20.0. The Morgan fingerprint density at radius 1 is 0.971 bits per heavy atom. The molecule has 0 unspecified atom stereocenters. The molecule has 0 saturated heterocycles. The van der Waals surface area contributed by atoms with Gasteiger partial charge in [-0.1, -0.05) is 78.4 Å². The van der Waals surface area contributed by atoms with Crippen LogP contribution in [0.5, 0.6) is 0 Å². The Hall–Kier alpha value is -3.53. The molecular formula is C30H26ClNO2. The first-order valence-corrected chi connectivity index (χ1v) is 11.5. The lowest BCUT2D eigenvalue weighted by molar-refractivity contribution is -0.103. The predicted molar refractivity (Wildman–Crippen MR) is 142 cm³/mol. The third-order valence-electron chi connectivity index (χ3n) is 5.69. The number of hydrogen-bond donors (Lipinski definition) is 1. The van der Waals surface area contributed by atoms with E-state index in [9.17, 15) is 9.90 Å². The molecule has 4 aromatic rings. The third-order valence-corrected chi connectivity index (χ3v) is 5.92. The highest BCUT2D eigenvalue weighted by atomic mass is 35.5. The van der Waals surface area contributed by atoms with Crippen LogP contribution in [0.25, 0.3) is 28.6 Å². The number of rotatable bonds is 7. The number of allylic oxidation sites excluding steroid dienone is 2. The highest BCUT2D eigenvalue weighted by molar-refractivity contribution is 6.31. The monoisotopic (exact) mass is 467 g/mol. The van der Waals surface area contributed by atoms with Crippen LogP contribution >= 0.6 is 11.6 Å². The van der Waals surface area contributed by atoms with Crippen molar-refractivity contribution < 1.29 is 9.90 Å². The minimum Gasteiger partial charge on any atom is -0.386 e. The average molecular weight is 468 g/mol. The molecule has 0 amide bonds. The standard InChI is InChI=1S/C30H26ClNO2/c1-30(2,34)28-9-4-3-7-22(28)11-12-25(20-33)24-8-5-6-21(18-24)10-16-27-17-14-23-13-15-26(31)19-29(23)32-27/h3-10,12-20,34H,11H2,1-2H3/b16-10+,25-12+. The van der Waals surface area contributed by atoms with Gasteiger partial charge in [0.2, 0.25) is 0 Å². The van der Waals surface area contributed by atoms with Crippen molar-refractivity contribution in [2.24, 2.45) is 0 Å². The summed E-state index contributed by atoms with van der Waals surface area (Å²) in [7, 11) is 0. The lowest BCUT2D eigenvalue weighted by Crippen LogP contribution is -2.17. The number of hydrogen-bond acceptors (Lipinski definition) is 3. The number of carbonyl (C=O) groups is 1. The second-order valence-corrected chi connectivity index (χ2v) is 9.17.